The molecule has 0 spiro atoms. The van der Waals surface area contributed by atoms with E-state index in [1.807, 2.05) is 36.3 Å². The lowest BCUT2D eigenvalue weighted by Gasteiger charge is -2.24. The minimum atomic E-state index is 0.0811. The first-order valence-corrected chi connectivity index (χ1v) is 8.68. The van der Waals surface area contributed by atoms with Gasteiger partial charge in [0, 0.05) is 31.9 Å². The van der Waals surface area contributed by atoms with Crippen LogP contribution in [0.1, 0.15) is 30.7 Å². The van der Waals surface area contributed by atoms with Crippen LogP contribution in [0.5, 0.6) is 0 Å². The van der Waals surface area contributed by atoms with Crippen molar-refractivity contribution in [3.63, 3.8) is 0 Å². The number of benzene rings is 1. The van der Waals surface area contributed by atoms with E-state index in [9.17, 15) is 4.79 Å². The number of aromatic nitrogens is 2. The molecule has 1 saturated carbocycles. The zero-order valence-electron chi connectivity index (χ0n) is 14.3. The molecule has 1 fully saturated rings. The molecule has 0 radical (unpaired) electrons. The number of nitrogens with zero attached hydrogens (tertiary/aromatic N) is 3. The van der Waals surface area contributed by atoms with E-state index in [4.69, 9.17) is 5.73 Å². The number of amides is 1. The zero-order chi connectivity index (χ0) is 16.9. The lowest BCUT2D eigenvalue weighted by Crippen LogP contribution is -2.36. The largest absolute Gasteiger partial charge is 0.338 e. The van der Waals surface area contributed by atoms with Crippen molar-refractivity contribution in [2.24, 2.45) is 17.6 Å². The number of imidazole rings is 1. The molecule has 1 aromatic carbocycles. The van der Waals surface area contributed by atoms with Crippen LogP contribution in [0.4, 0.5) is 0 Å². The number of carbonyl (C=O) groups is 1. The molecule has 1 aliphatic rings. The van der Waals surface area contributed by atoms with Gasteiger partial charge in [0.05, 0.1) is 6.54 Å². The third kappa shape index (κ3) is 3.67. The van der Waals surface area contributed by atoms with E-state index < -0.39 is 0 Å². The van der Waals surface area contributed by atoms with Crippen LogP contribution in [-0.4, -0.2) is 34.0 Å². The van der Waals surface area contributed by atoms with Crippen molar-refractivity contribution in [3.8, 4) is 0 Å². The molecule has 2 aromatic rings. The fraction of sp³-hybridized carbons (Fsp3) is 0.474. The first-order valence-electron chi connectivity index (χ1n) is 8.68. The summed E-state index contributed by atoms with van der Waals surface area (Å²) in [5, 5.41) is 0. The second-order valence-electron chi connectivity index (χ2n) is 6.68. The third-order valence-corrected chi connectivity index (χ3v) is 5.03. The molecular weight excluding hydrogens is 300 g/mol. The molecule has 1 aliphatic carbocycles. The van der Waals surface area contributed by atoms with Crippen LogP contribution in [-0.2, 0) is 17.9 Å². The molecule has 3 rings (SSSR count). The van der Waals surface area contributed by atoms with Gasteiger partial charge in [0.1, 0.15) is 5.82 Å². The Morgan fingerprint density at radius 3 is 2.88 bits per heavy atom. The van der Waals surface area contributed by atoms with E-state index in [2.05, 4.69) is 21.7 Å². The Morgan fingerprint density at radius 1 is 1.33 bits per heavy atom. The third-order valence-electron chi connectivity index (χ3n) is 5.03. The van der Waals surface area contributed by atoms with Crippen LogP contribution >= 0.6 is 0 Å². The molecule has 1 amide bonds. The summed E-state index contributed by atoms with van der Waals surface area (Å²) >= 11 is 0. The van der Waals surface area contributed by atoms with Crippen LogP contribution in [0.2, 0.25) is 0 Å². The van der Waals surface area contributed by atoms with Crippen LogP contribution in [0, 0.1) is 11.8 Å². The van der Waals surface area contributed by atoms with E-state index in [0.717, 1.165) is 31.6 Å². The maximum atomic E-state index is 12.7. The molecule has 1 aromatic heterocycles. The van der Waals surface area contributed by atoms with Gasteiger partial charge in [-0.25, -0.2) is 4.98 Å². The van der Waals surface area contributed by atoms with Crippen molar-refractivity contribution in [2.75, 3.05) is 13.6 Å². The normalized spacial score (nSPS) is 20.2. The molecule has 0 aliphatic heterocycles. The van der Waals surface area contributed by atoms with Gasteiger partial charge in [-0.2, -0.15) is 0 Å². The van der Waals surface area contributed by atoms with Crippen LogP contribution in [0.3, 0.4) is 0 Å². The van der Waals surface area contributed by atoms with Crippen molar-refractivity contribution in [1.82, 2.24) is 14.5 Å². The minimum Gasteiger partial charge on any atom is -0.338 e. The summed E-state index contributed by atoms with van der Waals surface area (Å²) < 4.78 is 2.11. The monoisotopic (exact) mass is 326 g/mol. The second kappa shape index (κ2) is 7.62. The fourth-order valence-corrected chi connectivity index (χ4v) is 3.63. The van der Waals surface area contributed by atoms with E-state index in [0.29, 0.717) is 19.0 Å². The number of nitrogens with two attached hydrogens (primary N) is 1. The van der Waals surface area contributed by atoms with Crippen molar-refractivity contribution < 1.29 is 4.79 Å². The molecule has 128 valence electrons. The lowest BCUT2D eigenvalue weighted by molar-refractivity contribution is -0.135. The SMILES string of the molecule is CN(Cc1nccn1Cc1ccccc1)C(=O)[C@@H]1CCC[C@@H]1CN. The van der Waals surface area contributed by atoms with Crippen molar-refractivity contribution in [1.29, 1.82) is 0 Å². The van der Waals surface area contributed by atoms with Gasteiger partial charge in [-0.1, -0.05) is 36.8 Å². The Labute approximate surface area is 143 Å². The Kier molecular flexibility index (Phi) is 5.30. The second-order valence-corrected chi connectivity index (χ2v) is 6.68. The summed E-state index contributed by atoms with van der Waals surface area (Å²) in [6.07, 6.45) is 6.91. The van der Waals surface area contributed by atoms with Gasteiger partial charge in [0.25, 0.3) is 0 Å². The van der Waals surface area contributed by atoms with Crippen LogP contribution in [0.15, 0.2) is 42.7 Å². The molecular formula is C19H26N4O. The van der Waals surface area contributed by atoms with Crippen molar-refractivity contribution >= 4 is 5.91 Å². The maximum absolute atomic E-state index is 12.7. The molecule has 2 atom stereocenters. The predicted octanol–water partition coefficient (Wildman–Crippen LogP) is 2.26. The van der Waals surface area contributed by atoms with Crippen LogP contribution in [0.25, 0.3) is 0 Å². The molecule has 0 saturated heterocycles. The van der Waals surface area contributed by atoms with Gasteiger partial charge in [0.15, 0.2) is 0 Å². The molecule has 0 bridgehead atoms. The smallest absolute Gasteiger partial charge is 0.226 e. The molecule has 24 heavy (non-hydrogen) atoms. The molecule has 1 heterocycles. The highest BCUT2D eigenvalue weighted by atomic mass is 16.2. The Hall–Kier alpha value is -2.14. The highest BCUT2D eigenvalue weighted by Gasteiger charge is 2.33. The summed E-state index contributed by atoms with van der Waals surface area (Å²) in [4.78, 5) is 19.0. The number of carbonyl (C=O) groups excluding carboxylic acids is 1. The van der Waals surface area contributed by atoms with Gasteiger partial charge in [0.2, 0.25) is 5.91 Å². The predicted molar refractivity (Wildman–Crippen MR) is 94.1 cm³/mol. The van der Waals surface area contributed by atoms with Gasteiger partial charge in [-0.05, 0) is 30.9 Å². The number of hydrogen-bond acceptors (Lipinski definition) is 3. The lowest BCUT2D eigenvalue weighted by atomic mass is 9.95. The Bertz CT molecular complexity index is 667. The van der Waals surface area contributed by atoms with Crippen molar-refractivity contribution in [2.45, 2.75) is 32.4 Å². The van der Waals surface area contributed by atoms with E-state index in [-0.39, 0.29) is 11.8 Å². The summed E-state index contributed by atoms with van der Waals surface area (Å²) in [5.74, 6) is 1.54. The highest BCUT2D eigenvalue weighted by Crippen LogP contribution is 2.32. The highest BCUT2D eigenvalue weighted by molar-refractivity contribution is 5.79. The summed E-state index contributed by atoms with van der Waals surface area (Å²) in [6, 6.07) is 10.3. The Morgan fingerprint density at radius 2 is 2.12 bits per heavy atom. The van der Waals surface area contributed by atoms with E-state index in [1.165, 1.54) is 5.56 Å². The molecule has 0 unspecified atom stereocenters. The number of rotatable bonds is 6. The molecule has 5 heteroatoms. The van der Waals surface area contributed by atoms with Gasteiger partial charge in [-0.3, -0.25) is 4.79 Å². The van der Waals surface area contributed by atoms with Gasteiger partial charge >= 0.3 is 0 Å². The van der Waals surface area contributed by atoms with Gasteiger partial charge < -0.3 is 15.2 Å². The molecule has 5 nitrogen and oxygen atoms in total. The summed E-state index contributed by atoms with van der Waals surface area (Å²) in [6.45, 7) is 1.91. The number of hydrogen-bond donors (Lipinski definition) is 1. The molecule has 2 N–H and O–H groups in total. The van der Waals surface area contributed by atoms with E-state index >= 15 is 0 Å². The Balaban J connectivity index is 1.66. The van der Waals surface area contributed by atoms with Gasteiger partial charge in [-0.15, -0.1) is 0 Å². The first kappa shape index (κ1) is 16.7. The average molecular weight is 326 g/mol. The zero-order valence-corrected chi connectivity index (χ0v) is 14.3. The first-order chi connectivity index (χ1) is 11.7. The fourth-order valence-electron chi connectivity index (χ4n) is 3.63. The quantitative estimate of drug-likeness (QED) is 0.885. The van der Waals surface area contributed by atoms with Crippen molar-refractivity contribution in [3.05, 3.63) is 54.1 Å². The van der Waals surface area contributed by atoms with E-state index in [1.54, 1.807) is 6.20 Å². The standard InChI is InChI=1S/C19H26N4O/c1-22(19(24)17-9-5-8-16(17)12-20)14-18-21-10-11-23(18)13-15-6-3-2-4-7-15/h2-4,6-7,10-11,16-17H,5,8-9,12-14,20H2,1H3/t16-,17-/m1/s1. The topological polar surface area (TPSA) is 64.2 Å². The summed E-state index contributed by atoms with van der Waals surface area (Å²) in [5.41, 5.74) is 7.05. The maximum Gasteiger partial charge on any atom is 0.226 e. The minimum absolute atomic E-state index is 0.0811. The van der Waals surface area contributed by atoms with Crippen LogP contribution < -0.4 is 5.73 Å². The average Bonchev–Trinajstić information content (AvgIpc) is 3.24. The summed E-state index contributed by atoms with van der Waals surface area (Å²) in [7, 11) is 1.87.